The van der Waals surface area contributed by atoms with E-state index in [0.29, 0.717) is 5.69 Å². The molecule has 14 heavy (non-hydrogen) atoms. The summed E-state index contributed by atoms with van der Waals surface area (Å²) in [5.74, 6) is 0.816. The zero-order chi connectivity index (χ0) is 9.97. The molecule has 1 heterocycles. The Morgan fingerprint density at radius 1 is 1.29 bits per heavy atom. The summed E-state index contributed by atoms with van der Waals surface area (Å²) >= 11 is 0. The van der Waals surface area contributed by atoms with Crippen molar-refractivity contribution >= 4 is 10.8 Å². The van der Waals surface area contributed by atoms with Crippen LogP contribution in [0.25, 0.3) is 10.8 Å². The SMILES string of the molecule is COc1ccc2cc(CO)ncc2c1. The van der Waals surface area contributed by atoms with E-state index in [2.05, 4.69) is 4.98 Å². The van der Waals surface area contributed by atoms with Gasteiger partial charge in [-0.05, 0) is 23.6 Å². The Kier molecular flexibility index (Phi) is 2.33. The van der Waals surface area contributed by atoms with Crippen LogP contribution in [0, 0.1) is 0 Å². The third-order valence-corrected chi connectivity index (χ3v) is 2.15. The molecular weight excluding hydrogens is 178 g/mol. The van der Waals surface area contributed by atoms with Gasteiger partial charge in [-0.1, -0.05) is 6.07 Å². The van der Waals surface area contributed by atoms with Crippen LogP contribution in [0.2, 0.25) is 0 Å². The second-order valence-corrected chi connectivity index (χ2v) is 3.05. The lowest BCUT2D eigenvalue weighted by molar-refractivity contribution is 0.277. The van der Waals surface area contributed by atoms with Gasteiger partial charge in [0.1, 0.15) is 5.75 Å². The van der Waals surface area contributed by atoms with E-state index in [0.717, 1.165) is 16.5 Å². The number of pyridine rings is 1. The van der Waals surface area contributed by atoms with Gasteiger partial charge >= 0.3 is 0 Å². The molecule has 1 aromatic carbocycles. The van der Waals surface area contributed by atoms with Crippen molar-refractivity contribution in [1.29, 1.82) is 0 Å². The summed E-state index contributed by atoms with van der Waals surface area (Å²) in [6.07, 6.45) is 1.74. The van der Waals surface area contributed by atoms with Gasteiger partial charge in [0.2, 0.25) is 0 Å². The largest absolute Gasteiger partial charge is 0.497 e. The van der Waals surface area contributed by atoms with Crippen LogP contribution < -0.4 is 4.74 Å². The van der Waals surface area contributed by atoms with Gasteiger partial charge < -0.3 is 9.84 Å². The Morgan fingerprint density at radius 2 is 2.14 bits per heavy atom. The minimum absolute atomic E-state index is 0.0258. The Morgan fingerprint density at radius 3 is 2.86 bits per heavy atom. The number of ether oxygens (including phenoxy) is 1. The molecule has 0 saturated heterocycles. The number of aliphatic hydroxyl groups is 1. The summed E-state index contributed by atoms with van der Waals surface area (Å²) in [6, 6.07) is 7.64. The number of aromatic nitrogens is 1. The highest BCUT2D eigenvalue weighted by atomic mass is 16.5. The lowest BCUT2D eigenvalue weighted by Gasteiger charge is -2.03. The van der Waals surface area contributed by atoms with Crippen molar-refractivity contribution in [1.82, 2.24) is 4.98 Å². The fraction of sp³-hybridized carbons (Fsp3) is 0.182. The molecule has 0 aliphatic carbocycles. The summed E-state index contributed by atoms with van der Waals surface area (Å²) in [7, 11) is 1.64. The van der Waals surface area contributed by atoms with Crippen LogP contribution in [0.4, 0.5) is 0 Å². The van der Waals surface area contributed by atoms with Gasteiger partial charge in [0.15, 0.2) is 0 Å². The molecule has 0 unspecified atom stereocenters. The molecule has 0 aliphatic rings. The number of nitrogens with zero attached hydrogens (tertiary/aromatic N) is 1. The normalized spacial score (nSPS) is 10.4. The van der Waals surface area contributed by atoms with Gasteiger partial charge in [-0.2, -0.15) is 0 Å². The van der Waals surface area contributed by atoms with E-state index in [9.17, 15) is 0 Å². The molecule has 0 radical (unpaired) electrons. The molecule has 1 N–H and O–H groups in total. The van der Waals surface area contributed by atoms with Crippen molar-refractivity contribution in [3.05, 3.63) is 36.2 Å². The molecular formula is C11H11NO2. The maximum atomic E-state index is 8.91. The first-order valence-electron chi connectivity index (χ1n) is 4.37. The molecule has 72 valence electrons. The minimum atomic E-state index is -0.0258. The summed E-state index contributed by atoms with van der Waals surface area (Å²) in [6.45, 7) is -0.0258. The summed E-state index contributed by atoms with van der Waals surface area (Å²) in [5, 5.41) is 11.0. The number of methoxy groups -OCH3 is 1. The molecule has 0 amide bonds. The molecule has 1 aromatic heterocycles. The highest BCUT2D eigenvalue weighted by Crippen LogP contribution is 2.20. The zero-order valence-corrected chi connectivity index (χ0v) is 7.90. The standard InChI is InChI=1S/C11H11NO2/c1-14-11-3-2-8-4-10(7-13)12-6-9(8)5-11/h2-6,13H,7H2,1H3. The van der Waals surface area contributed by atoms with Crippen molar-refractivity contribution in [2.45, 2.75) is 6.61 Å². The molecule has 0 atom stereocenters. The second-order valence-electron chi connectivity index (χ2n) is 3.05. The highest BCUT2D eigenvalue weighted by Gasteiger charge is 1.98. The van der Waals surface area contributed by atoms with Gasteiger partial charge in [-0.15, -0.1) is 0 Å². The maximum absolute atomic E-state index is 8.91. The van der Waals surface area contributed by atoms with Crippen LogP contribution >= 0.6 is 0 Å². The second kappa shape index (κ2) is 3.64. The summed E-state index contributed by atoms with van der Waals surface area (Å²) in [4.78, 5) is 4.10. The van der Waals surface area contributed by atoms with E-state index in [-0.39, 0.29) is 6.61 Å². The van der Waals surface area contributed by atoms with Crippen LogP contribution in [0.1, 0.15) is 5.69 Å². The van der Waals surface area contributed by atoms with Gasteiger partial charge in [0.25, 0.3) is 0 Å². The number of hydrogen-bond acceptors (Lipinski definition) is 3. The van der Waals surface area contributed by atoms with Crippen LogP contribution in [-0.4, -0.2) is 17.2 Å². The fourth-order valence-corrected chi connectivity index (χ4v) is 1.38. The van der Waals surface area contributed by atoms with E-state index in [1.807, 2.05) is 24.3 Å². The van der Waals surface area contributed by atoms with Crippen molar-refractivity contribution in [2.24, 2.45) is 0 Å². The van der Waals surface area contributed by atoms with E-state index >= 15 is 0 Å². The predicted octanol–water partition coefficient (Wildman–Crippen LogP) is 1.74. The smallest absolute Gasteiger partial charge is 0.119 e. The third-order valence-electron chi connectivity index (χ3n) is 2.15. The molecule has 2 rings (SSSR count). The van der Waals surface area contributed by atoms with Crippen LogP contribution in [0.5, 0.6) is 5.75 Å². The van der Waals surface area contributed by atoms with Crippen LogP contribution in [0.15, 0.2) is 30.5 Å². The number of rotatable bonds is 2. The molecule has 0 saturated carbocycles. The number of hydrogen-bond donors (Lipinski definition) is 1. The number of fused-ring (bicyclic) bond motifs is 1. The van der Waals surface area contributed by atoms with Crippen molar-refractivity contribution in [3.63, 3.8) is 0 Å². The van der Waals surface area contributed by atoms with Crippen molar-refractivity contribution < 1.29 is 9.84 Å². The third kappa shape index (κ3) is 1.54. The average Bonchev–Trinajstić information content (AvgIpc) is 2.27. The molecule has 0 aliphatic heterocycles. The maximum Gasteiger partial charge on any atom is 0.119 e. The molecule has 0 bridgehead atoms. The van der Waals surface area contributed by atoms with Gasteiger partial charge in [0.05, 0.1) is 19.4 Å². The molecule has 3 nitrogen and oxygen atoms in total. The summed E-state index contributed by atoms with van der Waals surface area (Å²) < 4.78 is 5.10. The lowest BCUT2D eigenvalue weighted by atomic mass is 10.1. The van der Waals surface area contributed by atoms with E-state index in [4.69, 9.17) is 9.84 Å². The van der Waals surface area contributed by atoms with Gasteiger partial charge in [-0.3, -0.25) is 4.98 Å². The first-order valence-corrected chi connectivity index (χ1v) is 4.37. The Hall–Kier alpha value is -1.61. The number of aliphatic hydroxyl groups excluding tert-OH is 1. The Bertz CT molecular complexity index is 411. The first kappa shape index (κ1) is 8.97. The Labute approximate surface area is 82.0 Å². The topological polar surface area (TPSA) is 42.4 Å². The van der Waals surface area contributed by atoms with Crippen molar-refractivity contribution in [2.75, 3.05) is 7.11 Å². The number of benzene rings is 1. The molecule has 2 aromatic rings. The quantitative estimate of drug-likeness (QED) is 0.782. The van der Waals surface area contributed by atoms with Crippen LogP contribution in [0.3, 0.4) is 0 Å². The molecule has 3 heteroatoms. The minimum Gasteiger partial charge on any atom is -0.497 e. The molecule has 0 spiro atoms. The van der Waals surface area contributed by atoms with E-state index in [1.165, 1.54) is 0 Å². The predicted molar refractivity (Wildman–Crippen MR) is 54.2 cm³/mol. The lowest BCUT2D eigenvalue weighted by Crippen LogP contribution is -1.89. The zero-order valence-electron chi connectivity index (χ0n) is 7.90. The molecule has 0 fully saturated rings. The van der Waals surface area contributed by atoms with Crippen molar-refractivity contribution in [3.8, 4) is 5.75 Å². The fourth-order valence-electron chi connectivity index (χ4n) is 1.38. The average molecular weight is 189 g/mol. The van der Waals surface area contributed by atoms with E-state index < -0.39 is 0 Å². The van der Waals surface area contributed by atoms with E-state index in [1.54, 1.807) is 13.3 Å². The highest BCUT2D eigenvalue weighted by molar-refractivity contribution is 5.83. The first-order chi connectivity index (χ1) is 6.83. The summed E-state index contributed by atoms with van der Waals surface area (Å²) in [5.41, 5.74) is 0.683. The van der Waals surface area contributed by atoms with Gasteiger partial charge in [0, 0.05) is 11.6 Å². The monoisotopic (exact) mass is 189 g/mol. The Balaban J connectivity index is 2.57. The van der Waals surface area contributed by atoms with Gasteiger partial charge in [-0.25, -0.2) is 0 Å². The van der Waals surface area contributed by atoms with Crippen LogP contribution in [-0.2, 0) is 6.61 Å².